The van der Waals surface area contributed by atoms with Gasteiger partial charge in [-0.2, -0.15) is 0 Å². The lowest BCUT2D eigenvalue weighted by Crippen LogP contribution is -2.32. The largest absolute Gasteiger partial charge is 0.353 e. The first-order valence-electron chi connectivity index (χ1n) is 6.71. The van der Waals surface area contributed by atoms with Crippen molar-refractivity contribution in [2.24, 2.45) is 11.8 Å². The summed E-state index contributed by atoms with van der Waals surface area (Å²) in [5.41, 5.74) is 0.921. The van der Waals surface area contributed by atoms with Gasteiger partial charge >= 0.3 is 0 Å². The second-order valence-corrected chi connectivity index (χ2v) is 6.55. The Labute approximate surface area is 123 Å². The Kier molecular flexibility index (Phi) is 4.45. The summed E-state index contributed by atoms with van der Waals surface area (Å²) in [6.07, 6.45) is 5.71. The average molecular weight is 325 g/mol. The average Bonchev–Trinajstić information content (AvgIpc) is 2.73. The minimum absolute atomic E-state index is 0.592. The SMILES string of the molecule is CC(C)CN(CC(C)C)c1nc(Br)cn2ccnc12. The van der Waals surface area contributed by atoms with Gasteiger partial charge in [-0.3, -0.25) is 0 Å². The molecule has 0 N–H and O–H groups in total. The van der Waals surface area contributed by atoms with Crippen molar-refractivity contribution in [1.82, 2.24) is 14.4 Å². The molecular weight excluding hydrogens is 304 g/mol. The van der Waals surface area contributed by atoms with Gasteiger partial charge in [-0.05, 0) is 27.8 Å². The Morgan fingerprint density at radius 2 is 1.84 bits per heavy atom. The van der Waals surface area contributed by atoms with Crippen molar-refractivity contribution in [3.8, 4) is 0 Å². The van der Waals surface area contributed by atoms with Crippen LogP contribution >= 0.6 is 15.9 Å². The number of imidazole rings is 1. The molecule has 4 nitrogen and oxygen atoms in total. The normalized spacial score (nSPS) is 11.7. The molecule has 5 heteroatoms. The highest BCUT2D eigenvalue weighted by molar-refractivity contribution is 9.10. The van der Waals surface area contributed by atoms with E-state index in [1.165, 1.54) is 0 Å². The maximum atomic E-state index is 4.64. The van der Waals surface area contributed by atoms with Gasteiger partial charge < -0.3 is 9.30 Å². The van der Waals surface area contributed by atoms with Crippen molar-refractivity contribution in [3.05, 3.63) is 23.2 Å². The van der Waals surface area contributed by atoms with E-state index in [1.807, 2.05) is 23.0 Å². The van der Waals surface area contributed by atoms with Gasteiger partial charge in [-0.1, -0.05) is 27.7 Å². The standard InChI is InChI=1S/C14H21BrN4/c1-10(2)7-19(8-11(3)4)14-13-16-5-6-18(13)9-12(15)17-14/h5-6,9-11H,7-8H2,1-4H3. The van der Waals surface area contributed by atoms with E-state index < -0.39 is 0 Å². The fourth-order valence-electron chi connectivity index (χ4n) is 2.23. The van der Waals surface area contributed by atoms with Gasteiger partial charge in [0.05, 0.1) is 0 Å². The smallest absolute Gasteiger partial charge is 0.180 e. The Hall–Kier alpha value is -1.10. The molecule has 0 saturated carbocycles. The third-order valence-corrected chi connectivity index (χ3v) is 3.18. The van der Waals surface area contributed by atoms with Crippen molar-refractivity contribution in [2.75, 3.05) is 18.0 Å². The monoisotopic (exact) mass is 324 g/mol. The molecular formula is C14H21BrN4. The number of halogens is 1. The van der Waals surface area contributed by atoms with Crippen LogP contribution in [0.1, 0.15) is 27.7 Å². The molecule has 2 aromatic heterocycles. The molecule has 2 heterocycles. The zero-order chi connectivity index (χ0) is 14.0. The van der Waals surface area contributed by atoms with Crippen molar-refractivity contribution >= 4 is 27.4 Å². The first-order chi connectivity index (χ1) is 8.97. The molecule has 0 unspecified atom stereocenters. The van der Waals surface area contributed by atoms with Gasteiger partial charge in [-0.15, -0.1) is 0 Å². The molecule has 2 aromatic rings. The number of aromatic nitrogens is 3. The Balaban J connectivity index is 2.44. The summed E-state index contributed by atoms with van der Waals surface area (Å²) in [4.78, 5) is 11.4. The summed E-state index contributed by atoms with van der Waals surface area (Å²) in [7, 11) is 0. The molecule has 0 saturated heterocycles. The van der Waals surface area contributed by atoms with Crippen molar-refractivity contribution in [2.45, 2.75) is 27.7 Å². The predicted octanol–water partition coefficient (Wildman–Crippen LogP) is 3.61. The van der Waals surface area contributed by atoms with Crippen LogP contribution in [0.3, 0.4) is 0 Å². The van der Waals surface area contributed by atoms with E-state index >= 15 is 0 Å². The highest BCUT2D eigenvalue weighted by atomic mass is 79.9. The molecule has 0 atom stereocenters. The van der Waals surface area contributed by atoms with Crippen LogP contribution < -0.4 is 4.90 Å². The third-order valence-electron chi connectivity index (χ3n) is 2.80. The third kappa shape index (κ3) is 3.47. The maximum Gasteiger partial charge on any atom is 0.180 e. The molecule has 0 aliphatic rings. The van der Waals surface area contributed by atoms with Gasteiger partial charge in [0.15, 0.2) is 11.5 Å². The van der Waals surface area contributed by atoms with E-state index in [1.54, 1.807) is 0 Å². The number of nitrogens with zero attached hydrogens (tertiary/aromatic N) is 4. The van der Waals surface area contributed by atoms with Crippen LogP contribution in [-0.4, -0.2) is 27.5 Å². The van der Waals surface area contributed by atoms with Crippen LogP contribution in [0.5, 0.6) is 0 Å². The second kappa shape index (κ2) is 5.90. The predicted molar refractivity (Wildman–Crippen MR) is 82.6 cm³/mol. The van der Waals surface area contributed by atoms with E-state index in [0.717, 1.165) is 29.2 Å². The van der Waals surface area contributed by atoms with Crippen molar-refractivity contribution < 1.29 is 0 Å². The summed E-state index contributed by atoms with van der Waals surface area (Å²) in [6.45, 7) is 10.9. The minimum Gasteiger partial charge on any atom is -0.353 e. The number of hydrogen-bond donors (Lipinski definition) is 0. The first-order valence-corrected chi connectivity index (χ1v) is 7.50. The Morgan fingerprint density at radius 3 is 2.42 bits per heavy atom. The van der Waals surface area contributed by atoms with Gasteiger partial charge in [-0.25, -0.2) is 9.97 Å². The van der Waals surface area contributed by atoms with E-state index in [2.05, 4.69) is 58.5 Å². The quantitative estimate of drug-likeness (QED) is 0.842. The van der Waals surface area contributed by atoms with E-state index in [9.17, 15) is 0 Å². The Morgan fingerprint density at radius 1 is 1.21 bits per heavy atom. The summed E-state index contributed by atoms with van der Waals surface area (Å²) in [6, 6.07) is 0. The van der Waals surface area contributed by atoms with Crippen LogP contribution in [0.4, 0.5) is 5.82 Å². The van der Waals surface area contributed by atoms with Crippen LogP contribution in [-0.2, 0) is 0 Å². The van der Waals surface area contributed by atoms with Crippen molar-refractivity contribution in [1.29, 1.82) is 0 Å². The van der Waals surface area contributed by atoms with Gasteiger partial charge in [0.1, 0.15) is 4.60 Å². The van der Waals surface area contributed by atoms with Crippen LogP contribution in [0.2, 0.25) is 0 Å². The molecule has 2 rings (SSSR count). The lowest BCUT2D eigenvalue weighted by molar-refractivity contribution is 0.549. The number of anilines is 1. The van der Waals surface area contributed by atoms with E-state index in [0.29, 0.717) is 11.8 Å². The zero-order valence-electron chi connectivity index (χ0n) is 12.0. The van der Waals surface area contributed by atoms with Crippen molar-refractivity contribution in [3.63, 3.8) is 0 Å². The molecule has 0 radical (unpaired) electrons. The topological polar surface area (TPSA) is 33.4 Å². The molecule has 0 spiro atoms. The van der Waals surface area contributed by atoms with Crippen LogP contribution in [0.25, 0.3) is 5.65 Å². The molecule has 0 aliphatic heterocycles. The van der Waals surface area contributed by atoms with Crippen LogP contribution in [0.15, 0.2) is 23.2 Å². The molecule has 104 valence electrons. The van der Waals surface area contributed by atoms with Gasteiger partial charge in [0.25, 0.3) is 0 Å². The van der Waals surface area contributed by atoms with Crippen LogP contribution in [0, 0.1) is 11.8 Å². The van der Waals surface area contributed by atoms with Gasteiger partial charge in [0, 0.05) is 31.7 Å². The fourth-order valence-corrected chi connectivity index (χ4v) is 2.61. The van der Waals surface area contributed by atoms with E-state index in [-0.39, 0.29) is 0 Å². The van der Waals surface area contributed by atoms with E-state index in [4.69, 9.17) is 0 Å². The molecule has 0 amide bonds. The summed E-state index contributed by atoms with van der Waals surface area (Å²) >= 11 is 3.48. The summed E-state index contributed by atoms with van der Waals surface area (Å²) in [5.74, 6) is 2.14. The number of hydrogen-bond acceptors (Lipinski definition) is 3. The zero-order valence-corrected chi connectivity index (χ0v) is 13.6. The fraction of sp³-hybridized carbons (Fsp3) is 0.571. The number of fused-ring (bicyclic) bond motifs is 1. The van der Waals surface area contributed by atoms with Gasteiger partial charge in [0.2, 0.25) is 0 Å². The molecule has 0 bridgehead atoms. The molecule has 19 heavy (non-hydrogen) atoms. The summed E-state index contributed by atoms with van der Waals surface area (Å²) < 4.78 is 2.85. The highest BCUT2D eigenvalue weighted by Crippen LogP contribution is 2.22. The highest BCUT2D eigenvalue weighted by Gasteiger charge is 2.16. The lowest BCUT2D eigenvalue weighted by Gasteiger charge is -2.27. The summed E-state index contributed by atoms with van der Waals surface area (Å²) in [5, 5.41) is 0. The molecule has 0 aromatic carbocycles. The molecule has 0 aliphatic carbocycles. The first kappa shape index (κ1) is 14.3. The second-order valence-electron chi connectivity index (χ2n) is 5.74. The minimum atomic E-state index is 0.592. The maximum absolute atomic E-state index is 4.64. The Bertz CT molecular complexity index is 537. The molecule has 0 fully saturated rings. The number of rotatable bonds is 5. The lowest BCUT2D eigenvalue weighted by atomic mass is 10.1.